The van der Waals surface area contributed by atoms with Crippen LogP contribution >= 0.6 is 23.5 Å². The smallest absolute Gasteiger partial charge is 0.286 e. The Hall–Kier alpha value is -3.05. The fourth-order valence-corrected chi connectivity index (χ4v) is 4.09. The number of imide groups is 1. The molecule has 0 saturated carbocycles. The normalized spacial score (nSPS) is 17.3. The minimum atomic E-state index is -0.356. The molecule has 32 heavy (non-hydrogen) atoms. The monoisotopic (exact) mass is 473 g/mol. The van der Waals surface area contributed by atoms with Crippen LogP contribution in [0, 0.1) is 0 Å². The topological polar surface area (TPSA) is 124 Å². The predicted octanol–water partition coefficient (Wildman–Crippen LogP) is 1.47. The highest BCUT2D eigenvalue weighted by molar-refractivity contribution is 8.15. The van der Waals surface area contributed by atoms with Crippen LogP contribution in [0.15, 0.2) is 53.7 Å². The van der Waals surface area contributed by atoms with Crippen LogP contribution in [-0.2, 0) is 16.0 Å². The van der Waals surface area contributed by atoms with Crippen molar-refractivity contribution in [3.63, 3.8) is 0 Å². The summed E-state index contributed by atoms with van der Waals surface area (Å²) in [6.07, 6.45) is 2.30. The quantitative estimate of drug-likeness (QED) is 0.636. The van der Waals surface area contributed by atoms with Crippen LogP contribution in [-0.4, -0.2) is 58.5 Å². The number of ether oxygens (including phenoxy) is 1. The van der Waals surface area contributed by atoms with E-state index in [1.165, 1.54) is 0 Å². The molecule has 4 rings (SSSR count). The summed E-state index contributed by atoms with van der Waals surface area (Å²) < 4.78 is 5.75. The fraction of sp³-hybridized carbons (Fsp3) is 0.286. The van der Waals surface area contributed by atoms with Crippen LogP contribution in [0.5, 0.6) is 5.75 Å². The number of thioether (sulfide) groups is 2. The van der Waals surface area contributed by atoms with Gasteiger partial charge < -0.3 is 14.7 Å². The summed E-state index contributed by atoms with van der Waals surface area (Å²) in [6.45, 7) is 1.27. The van der Waals surface area contributed by atoms with Crippen LogP contribution in [0.4, 0.5) is 10.6 Å². The number of anilines is 1. The number of rotatable bonds is 7. The van der Waals surface area contributed by atoms with Gasteiger partial charge in [-0.15, -0.1) is 11.8 Å². The Morgan fingerprint density at radius 1 is 1.19 bits per heavy atom. The minimum Gasteiger partial charge on any atom is -0.854 e. The molecule has 1 fully saturated rings. The second-order valence-corrected chi connectivity index (χ2v) is 8.85. The van der Waals surface area contributed by atoms with Gasteiger partial charge >= 0.3 is 0 Å². The number of nitrogens with one attached hydrogen (secondary N) is 1. The van der Waals surface area contributed by atoms with Gasteiger partial charge in [0.05, 0.1) is 17.5 Å². The highest BCUT2D eigenvalue weighted by Gasteiger charge is 2.31. The van der Waals surface area contributed by atoms with Crippen LogP contribution in [0.1, 0.15) is 5.56 Å². The Balaban J connectivity index is 0.000000352. The predicted molar refractivity (Wildman–Crippen MR) is 123 cm³/mol. The van der Waals surface area contributed by atoms with Crippen molar-refractivity contribution in [2.45, 2.75) is 11.7 Å². The fourth-order valence-electron chi connectivity index (χ4n) is 2.75. The lowest BCUT2D eigenvalue weighted by atomic mass is 10.1. The van der Waals surface area contributed by atoms with E-state index in [4.69, 9.17) is 4.74 Å². The number of aliphatic imine (C=N–C) groups is 1. The minimum absolute atomic E-state index is 0.215. The van der Waals surface area contributed by atoms with Gasteiger partial charge in [0.1, 0.15) is 18.2 Å². The Morgan fingerprint density at radius 2 is 1.97 bits per heavy atom. The van der Waals surface area contributed by atoms with Gasteiger partial charge in [-0.25, -0.2) is 9.98 Å². The first-order valence-corrected chi connectivity index (χ1v) is 11.5. The first kappa shape index (κ1) is 23.6. The molecule has 1 saturated heterocycles. The Bertz CT molecular complexity index is 985. The highest BCUT2D eigenvalue weighted by atomic mass is 32.2. The van der Waals surface area contributed by atoms with Crippen molar-refractivity contribution in [3.8, 4) is 5.75 Å². The lowest BCUT2D eigenvalue weighted by Gasteiger charge is -2.18. The highest BCUT2D eigenvalue weighted by Crippen LogP contribution is 2.23. The maximum Gasteiger partial charge on any atom is 0.286 e. The average molecular weight is 474 g/mol. The maximum absolute atomic E-state index is 11.6. The molecule has 168 valence electrons. The molecule has 2 aliphatic heterocycles. The lowest BCUT2D eigenvalue weighted by Crippen LogP contribution is -2.25. The molecule has 9 nitrogen and oxygen atoms in total. The molecule has 1 unspecified atom stereocenters. The molecule has 0 aliphatic carbocycles. The Labute approximate surface area is 193 Å². The number of hydrogen-bond donors (Lipinski definition) is 1. The average Bonchev–Trinajstić information content (AvgIpc) is 3.32. The van der Waals surface area contributed by atoms with E-state index < -0.39 is 0 Å². The van der Waals surface area contributed by atoms with Gasteiger partial charge in [-0.05, 0) is 36.2 Å². The molecular formula is C21H21N4O5S2-. The Morgan fingerprint density at radius 3 is 2.50 bits per heavy atom. The van der Waals surface area contributed by atoms with Gasteiger partial charge in [-0.3, -0.25) is 19.7 Å². The number of amides is 3. The lowest BCUT2D eigenvalue weighted by molar-refractivity contribution is -0.205. The van der Waals surface area contributed by atoms with Crippen LogP contribution in [0.25, 0.3) is 0 Å². The van der Waals surface area contributed by atoms with Crippen molar-refractivity contribution in [3.05, 3.63) is 54.2 Å². The van der Waals surface area contributed by atoms with E-state index in [-0.39, 0.29) is 33.3 Å². The molecule has 2 aromatic rings. The molecule has 3 amide bonds. The van der Waals surface area contributed by atoms with Crippen molar-refractivity contribution in [2.75, 3.05) is 30.9 Å². The molecule has 1 N–H and O–H groups in total. The zero-order chi connectivity index (χ0) is 22.9. The van der Waals surface area contributed by atoms with E-state index in [9.17, 15) is 19.5 Å². The second kappa shape index (κ2) is 11.5. The molecule has 1 aromatic heterocycles. The zero-order valence-electron chi connectivity index (χ0n) is 17.2. The van der Waals surface area contributed by atoms with E-state index in [0.29, 0.717) is 13.0 Å². The van der Waals surface area contributed by atoms with Gasteiger partial charge in [0.2, 0.25) is 5.91 Å². The van der Waals surface area contributed by atoms with Crippen LogP contribution < -0.4 is 20.1 Å². The number of hydrogen-bond acceptors (Lipinski definition) is 9. The van der Waals surface area contributed by atoms with Crippen molar-refractivity contribution in [1.82, 2.24) is 10.3 Å². The molecule has 1 atom stereocenters. The summed E-state index contributed by atoms with van der Waals surface area (Å²) in [4.78, 5) is 42.2. The number of benzene rings is 1. The van der Waals surface area contributed by atoms with E-state index in [2.05, 4.69) is 15.3 Å². The zero-order valence-corrected chi connectivity index (χ0v) is 18.9. The molecular weight excluding hydrogens is 452 g/mol. The van der Waals surface area contributed by atoms with Gasteiger partial charge in [0.25, 0.3) is 11.1 Å². The third-order valence-electron chi connectivity index (χ3n) is 4.38. The summed E-state index contributed by atoms with van der Waals surface area (Å²) in [7, 11) is 1.97. The van der Waals surface area contributed by atoms with Crippen LogP contribution in [0.3, 0.4) is 0 Å². The summed E-state index contributed by atoms with van der Waals surface area (Å²) in [5.41, 5.74) is 1.00. The third-order valence-corrected chi connectivity index (χ3v) is 6.09. The second-order valence-electron chi connectivity index (χ2n) is 6.75. The summed E-state index contributed by atoms with van der Waals surface area (Å²) in [5, 5.41) is 11.4. The van der Waals surface area contributed by atoms with Crippen molar-refractivity contribution < 1.29 is 24.2 Å². The van der Waals surface area contributed by atoms with Gasteiger partial charge in [0, 0.05) is 18.5 Å². The van der Waals surface area contributed by atoms with Gasteiger partial charge in [-0.1, -0.05) is 30.0 Å². The maximum atomic E-state index is 11.6. The number of carbonyl (C=O) groups is 3. The van der Waals surface area contributed by atoms with Crippen molar-refractivity contribution in [2.24, 2.45) is 4.99 Å². The molecule has 0 spiro atoms. The van der Waals surface area contributed by atoms with Crippen molar-refractivity contribution in [1.29, 1.82) is 0 Å². The van der Waals surface area contributed by atoms with E-state index >= 15 is 0 Å². The van der Waals surface area contributed by atoms with Crippen LogP contribution in [0.2, 0.25) is 0 Å². The number of likely N-dealkylation sites (N-methyl/N-ethyl adjacent to an activating group) is 1. The summed E-state index contributed by atoms with van der Waals surface area (Å²) in [5.74, 6) is 1.39. The largest absolute Gasteiger partial charge is 0.854 e. The number of pyridine rings is 1. The first-order valence-electron chi connectivity index (χ1n) is 9.67. The SMILES string of the molecule is CN(CCOc1ccc(CC2SC(=O)NC2=O)cc1)c1ccccn1.O=C1CSC([O-])=N1. The molecule has 0 radical (unpaired) electrons. The first-order chi connectivity index (χ1) is 15.4. The molecule has 2 aliphatic rings. The van der Waals surface area contributed by atoms with Gasteiger partial charge in [-0.2, -0.15) is 0 Å². The summed E-state index contributed by atoms with van der Waals surface area (Å²) in [6, 6.07) is 13.4. The van der Waals surface area contributed by atoms with Gasteiger partial charge in [0.15, 0.2) is 0 Å². The van der Waals surface area contributed by atoms with Crippen molar-refractivity contribution >= 4 is 51.6 Å². The molecule has 1 aromatic carbocycles. The standard InChI is InChI=1S/C18H19N3O3S.C3H3NO2S/c1-21(16-4-2-3-9-19-16)10-11-24-14-7-5-13(6-8-14)12-15-17(22)20-18(23)25-15;5-2-1-7-3(6)4-2/h2-9,15H,10-12H2,1H3,(H,20,22,23);1H2,(H,4,5,6)/p-1. The number of carbonyl (C=O) groups excluding carboxylic acids is 3. The third kappa shape index (κ3) is 7.27. The molecule has 0 bridgehead atoms. The van der Waals surface area contributed by atoms with E-state index in [1.807, 2.05) is 54.4 Å². The molecule has 3 heterocycles. The molecule has 11 heteroatoms. The Kier molecular flexibility index (Phi) is 8.51. The van der Waals surface area contributed by atoms with E-state index in [1.54, 1.807) is 6.20 Å². The number of aromatic nitrogens is 1. The number of nitrogens with zero attached hydrogens (tertiary/aromatic N) is 3. The van der Waals surface area contributed by atoms with E-state index in [0.717, 1.165) is 47.2 Å². The summed E-state index contributed by atoms with van der Waals surface area (Å²) >= 11 is 2.00.